The number of anilines is 1. The van der Waals surface area contributed by atoms with Crippen molar-refractivity contribution in [1.29, 1.82) is 0 Å². The topological polar surface area (TPSA) is 139 Å². The molecule has 0 fully saturated rings. The van der Waals surface area contributed by atoms with Crippen LogP contribution in [-0.4, -0.2) is 39.0 Å². The number of aromatic nitrogens is 4. The van der Waals surface area contributed by atoms with E-state index in [9.17, 15) is 9.59 Å². The van der Waals surface area contributed by atoms with Crippen molar-refractivity contribution in [2.45, 2.75) is 20.0 Å². The van der Waals surface area contributed by atoms with Gasteiger partial charge in [-0.15, -0.1) is 0 Å². The lowest BCUT2D eigenvalue weighted by atomic mass is 10.2. The molecule has 0 aliphatic heterocycles. The summed E-state index contributed by atoms with van der Waals surface area (Å²) in [4.78, 5) is 37.3. The molecule has 0 aliphatic carbocycles. The standard InChI is InChI=1S/C17H20N6O3/c1-10-3-2-4-11-17(10)23-14(20-11)8-26-9-16(25)19-6-5-13-21-12(18)7-15(24)22-13/h2-4,7H,5-6,8-9H2,1H3,(H,19,25)(H,20,23)(H3,18,21,22,24). The van der Waals surface area contributed by atoms with Crippen LogP contribution in [0.15, 0.2) is 29.1 Å². The van der Waals surface area contributed by atoms with Crippen LogP contribution in [0.1, 0.15) is 17.2 Å². The molecule has 1 aromatic carbocycles. The second-order valence-electron chi connectivity index (χ2n) is 5.86. The Morgan fingerprint density at radius 1 is 1.27 bits per heavy atom. The number of aryl methyl sites for hydroxylation is 1. The maximum Gasteiger partial charge on any atom is 0.252 e. The third-order valence-electron chi connectivity index (χ3n) is 3.73. The van der Waals surface area contributed by atoms with Crippen LogP contribution in [0.3, 0.4) is 0 Å². The summed E-state index contributed by atoms with van der Waals surface area (Å²) in [5.74, 6) is 0.987. The zero-order valence-electron chi connectivity index (χ0n) is 14.3. The number of benzene rings is 1. The van der Waals surface area contributed by atoms with Crippen LogP contribution >= 0.6 is 0 Å². The van der Waals surface area contributed by atoms with E-state index < -0.39 is 0 Å². The van der Waals surface area contributed by atoms with Gasteiger partial charge in [0, 0.05) is 19.0 Å². The second-order valence-corrected chi connectivity index (χ2v) is 5.86. The van der Waals surface area contributed by atoms with E-state index in [0.717, 1.165) is 16.6 Å². The van der Waals surface area contributed by atoms with Crippen molar-refractivity contribution in [3.8, 4) is 0 Å². The van der Waals surface area contributed by atoms with Gasteiger partial charge in [0.2, 0.25) is 5.91 Å². The number of nitrogens with one attached hydrogen (secondary N) is 3. The SMILES string of the molecule is Cc1cccc2[nH]c(COCC(=O)NCCc3nc(N)cc(=O)[nH]3)nc12. The molecular formula is C17H20N6O3. The van der Waals surface area contributed by atoms with Crippen molar-refractivity contribution >= 4 is 22.8 Å². The molecule has 0 spiro atoms. The summed E-state index contributed by atoms with van der Waals surface area (Å²) in [6, 6.07) is 7.09. The molecule has 0 bridgehead atoms. The molecule has 136 valence electrons. The number of nitrogen functional groups attached to an aromatic ring is 1. The van der Waals surface area contributed by atoms with Crippen LogP contribution in [-0.2, 0) is 22.6 Å². The Labute approximate surface area is 149 Å². The lowest BCUT2D eigenvalue weighted by Gasteiger charge is -2.05. The van der Waals surface area contributed by atoms with Crippen molar-refractivity contribution in [1.82, 2.24) is 25.3 Å². The first-order valence-corrected chi connectivity index (χ1v) is 8.15. The number of hydrogen-bond donors (Lipinski definition) is 4. The number of carbonyl (C=O) groups is 1. The highest BCUT2D eigenvalue weighted by molar-refractivity contribution is 5.78. The molecular weight excluding hydrogens is 336 g/mol. The van der Waals surface area contributed by atoms with E-state index in [4.69, 9.17) is 10.5 Å². The van der Waals surface area contributed by atoms with Gasteiger partial charge in [0.1, 0.15) is 30.7 Å². The van der Waals surface area contributed by atoms with Gasteiger partial charge in [-0.05, 0) is 18.6 Å². The first kappa shape index (κ1) is 17.6. The molecule has 2 heterocycles. The van der Waals surface area contributed by atoms with E-state index >= 15 is 0 Å². The zero-order chi connectivity index (χ0) is 18.5. The number of carbonyl (C=O) groups excluding carboxylic acids is 1. The molecule has 0 saturated carbocycles. The maximum absolute atomic E-state index is 11.8. The van der Waals surface area contributed by atoms with Crippen LogP contribution in [0.25, 0.3) is 11.0 Å². The predicted molar refractivity (Wildman–Crippen MR) is 96.5 cm³/mol. The van der Waals surface area contributed by atoms with Gasteiger partial charge in [0.15, 0.2) is 0 Å². The fourth-order valence-corrected chi connectivity index (χ4v) is 2.55. The summed E-state index contributed by atoms with van der Waals surface area (Å²) in [5.41, 5.74) is 8.11. The molecule has 2 aromatic heterocycles. The molecule has 0 atom stereocenters. The summed E-state index contributed by atoms with van der Waals surface area (Å²) >= 11 is 0. The average molecular weight is 356 g/mol. The summed E-state index contributed by atoms with van der Waals surface area (Å²) in [6.45, 7) is 2.44. The van der Waals surface area contributed by atoms with Gasteiger partial charge in [0.05, 0.1) is 11.0 Å². The molecule has 0 aliphatic rings. The van der Waals surface area contributed by atoms with E-state index in [0.29, 0.717) is 24.6 Å². The number of para-hydroxylation sites is 1. The van der Waals surface area contributed by atoms with Gasteiger partial charge >= 0.3 is 0 Å². The number of ether oxygens (including phenoxy) is 1. The summed E-state index contributed by atoms with van der Waals surface area (Å²) in [6.07, 6.45) is 0.370. The molecule has 5 N–H and O–H groups in total. The molecule has 3 rings (SSSR count). The number of imidazole rings is 1. The van der Waals surface area contributed by atoms with Gasteiger partial charge in [-0.2, -0.15) is 0 Å². The van der Waals surface area contributed by atoms with Gasteiger partial charge in [-0.3, -0.25) is 9.59 Å². The van der Waals surface area contributed by atoms with E-state index in [-0.39, 0.29) is 30.5 Å². The number of H-pyrrole nitrogens is 2. The monoisotopic (exact) mass is 356 g/mol. The summed E-state index contributed by atoms with van der Waals surface area (Å²) < 4.78 is 5.39. The van der Waals surface area contributed by atoms with Crippen molar-refractivity contribution in [3.05, 3.63) is 51.8 Å². The molecule has 9 heteroatoms. The van der Waals surface area contributed by atoms with Crippen molar-refractivity contribution in [3.63, 3.8) is 0 Å². The summed E-state index contributed by atoms with van der Waals surface area (Å²) in [5, 5.41) is 2.69. The molecule has 3 aromatic rings. The minimum atomic E-state index is -0.316. The first-order valence-electron chi connectivity index (χ1n) is 8.15. The van der Waals surface area contributed by atoms with Crippen molar-refractivity contribution in [2.24, 2.45) is 0 Å². The Hall–Kier alpha value is -3.20. The molecule has 0 radical (unpaired) electrons. The van der Waals surface area contributed by atoms with Crippen LogP contribution in [0.5, 0.6) is 0 Å². The first-order chi connectivity index (χ1) is 12.5. The van der Waals surface area contributed by atoms with Crippen molar-refractivity contribution < 1.29 is 9.53 Å². The molecule has 0 saturated heterocycles. The highest BCUT2D eigenvalue weighted by atomic mass is 16.5. The lowest BCUT2D eigenvalue weighted by molar-refractivity contribution is -0.126. The van der Waals surface area contributed by atoms with Crippen LogP contribution in [0.2, 0.25) is 0 Å². The predicted octanol–water partition coefficient (Wildman–Crippen LogP) is 0.412. The number of aromatic amines is 2. The van der Waals surface area contributed by atoms with E-state index in [2.05, 4.69) is 25.3 Å². The van der Waals surface area contributed by atoms with Crippen LogP contribution < -0.4 is 16.6 Å². The number of fused-ring (bicyclic) bond motifs is 1. The highest BCUT2D eigenvalue weighted by Crippen LogP contribution is 2.15. The molecule has 9 nitrogen and oxygen atoms in total. The molecule has 1 amide bonds. The lowest BCUT2D eigenvalue weighted by Crippen LogP contribution is -2.30. The third kappa shape index (κ3) is 4.45. The molecule has 0 unspecified atom stereocenters. The largest absolute Gasteiger partial charge is 0.383 e. The van der Waals surface area contributed by atoms with Crippen LogP contribution in [0, 0.1) is 6.92 Å². The zero-order valence-corrected chi connectivity index (χ0v) is 14.3. The second kappa shape index (κ2) is 7.79. The Morgan fingerprint density at radius 3 is 2.88 bits per heavy atom. The fourth-order valence-electron chi connectivity index (χ4n) is 2.55. The number of rotatable bonds is 7. The van der Waals surface area contributed by atoms with Gasteiger partial charge in [-0.25, -0.2) is 9.97 Å². The number of amides is 1. The van der Waals surface area contributed by atoms with Gasteiger partial charge in [0.25, 0.3) is 5.56 Å². The fraction of sp³-hybridized carbons (Fsp3) is 0.294. The molecule has 26 heavy (non-hydrogen) atoms. The minimum absolute atomic E-state index is 0.0864. The maximum atomic E-state index is 11.8. The Morgan fingerprint density at radius 2 is 2.12 bits per heavy atom. The van der Waals surface area contributed by atoms with Gasteiger partial charge < -0.3 is 25.8 Å². The third-order valence-corrected chi connectivity index (χ3v) is 3.73. The quantitative estimate of drug-likeness (QED) is 0.484. The Kier molecular flexibility index (Phi) is 5.28. The Bertz CT molecular complexity index is 978. The average Bonchev–Trinajstić information content (AvgIpc) is 2.98. The van der Waals surface area contributed by atoms with Crippen molar-refractivity contribution in [2.75, 3.05) is 18.9 Å². The van der Waals surface area contributed by atoms with Gasteiger partial charge in [-0.1, -0.05) is 12.1 Å². The van der Waals surface area contributed by atoms with E-state index in [1.807, 2.05) is 25.1 Å². The van der Waals surface area contributed by atoms with E-state index in [1.165, 1.54) is 6.07 Å². The smallest absolute Gasteiger partial charge is 0.252 e. The normalized spacial score (nSPS) is 11.0. The summed E-state index contributed by atoms with van der Waals surface area (Å²) in [7, 11) is 0. The highest BCUT2D eigenvalue weighted by Gasteiger charge is 2.07. The van der Waals surface area contributed by atoms with E-state index in [1.54, 1.807) is 0 Å². The number of hydrogen-bond acceptors (Lipinski definition) is 6. The number of nitrogens with two attached hydrogens (primary N) is 1. The Balaban J connectivity index is 1.42. The van der Waals surface area contributed by atoms with Crippen LogP contribution in [0.4, 0.5) is 5.82 Å². The number of nitrogens with zero attached hydrogens (tertiary/aromatic N) is 2. The minimum Gasteiger partial charge on any atom is -0.383 e.